The fourth-order valence-corrected chi connectivity index (χ4v) is 4.44. The number of amides is 2. The fraction of sp³-hybridized carbons (Fsp3) is 0.278. The molecule has 2 aromatic carbocycles. The van der Waals surface area contributed by atoms with Crippen LogP contribution in [0.1, 0.15) is 12.0 Å². The van der Waals surface area contributed by atoms with E-state index in [-0.39, 0.29) is 17.5 Å². The zero-order valence-electron chi connectivity index (χ0n) is 13.9. The van der Waals surface area contributed by atoms with Gasteiger partial charge in [0.2, 0.25) is 0 Å². The van der Waals surface area contributed by atoms with Crippen LogP contribution in [0.4, 0.5) is 10.5 Å². The van der Waals surface area contributed by atoms with Crippen LogP contribution >= 0.6 is 11.6 Å². The number of nitrogens with one attached hydrogen (secondary N) is 2. The summed E-state index contributed by atoms with van der Waals surface area (Å²) in [5.41, 5.74) is 1.60. The number of hydrogen-bond donors (Lipinski definition) is 2. The molecule has 2 N–H and O–H groups in total. The third kappa shape index (κ3) is 5.37. The molecule has 0 bridgehead atoms. The number of ether oxygens (including phenoxy) is 1. The lowest BCUT2D eigenvalue weighted by Gasteiger charge is -2.12. The molecule has 8 heteroatoms. The van der Waals surface area contributed by atoms with Gasteiger partial charge in [0.25, 0.3) is 0 Å². The first-order valence-corrected chi connectivity index (χ1v) is 10.3. The van der Waals surface area contributed by atoms with E-state index in [0.29, 0.717) is 29.5 Å². The average molecular weight is 395 g/mol. The van der Waals surface area contributed by atoms with E-state index >= 15 is 0 Å². The SMILES string of the molecule is O=C(Nc1ccc(OCc2ccc(Cl)cc2)cc1)NC1CCS(=O)(=O)C1. The first-order chi connectivity index (χ1) is 12.4. The van der Waals surface area contributed by atoms with Crippen LogP contribution in [0.15, 0.2) is 48.5 Å². The molecule has 26 heavy (non-hydrogen) atoms. The lowest BCUT2D eigenvalue weighted by molar-refractivity contribution is 0.249. The summed E-state index contributed by atoms with van der Waals surface area (Å²) in [6, 6.07) is 13.6. The van der Waals surface area contributed by atoms with E-state index in [1.165, 1.54) is 0 Å². The molecule has 2 amide bonds. The van der Waals surface area contributed by atoms with Gasteiger partial charge >= 0.3 is 6.03 Å². The van der Waals surface area contributed by atoms with Gasteiger partial charge in [-0.3, -0.25) is 0 Å². The molecule has 1 atom stereocenters. The number of carbonyl (C=O) groups excluding carboxylic acids is 1. The minimum absolute atomic E-state index is 0.00209. The summed E-state index contributed by atoms with van der Waals surface area (Å²) in [4.78, 5) is 11.9. The maximum absolute atomic E-state index is 11.9. The molecule has 138 valence electrons. The Hall–Kier alpha value is -2.25. The summed E-state index contributed by atoms with van der Waals surface area (Å²) >= 11 is 5.84. The lowest BCUT2D eigenvalue weighted by atomic mass is 10.2. The van der Waals surface area contributed by atoms with Crippen molar-refractivity contribution in [1.82, 2.24) is 5.32 Å². The fourth-order valence-electron chi connectivity index (χ4n) is 2.64. The van der Waals surface area contributed by atoms with Crippen molar-refractivity contribution in [2.24, 2.45) is 0 Å². The topological polar surface area (TPSA) is 84.5 Å². The van der Waals surface area contributed by atoms with Crippen molar-refractivity contribution in [1.29, 1.82) is 0 Å². The largest absolute Gasteiger partial charge is 0.489 e. The second-order valence-corrected chi connectivity index (χ2v) is 8.80. The van der Waals surface area contributed by atoms with Gasteiger partial charge in [-0.15, -0.1) is 0 Å². The summed E-state index contributed by atoms with van der Waals surface area (Å²) in [6.45, 7) is 0.417. The minimum atomic E-state index is -3.02. The highest BCUT2D eigenvalue weighted by molar-refractivity contribution is 7.91. The van der Waals surface area contributed by atoms with Crippen LogP contribution in [-0.4, -0.2) is 32.0 Å². The molecule has 0 saturated carbocycles. The Morgan fingerprint density at radius 1 is 1.12 bits per heavy atom. The maximum atomic E-state index is 11.9. The van der Waals surface area contributed by atoms with Gasteiger partial charge in [0.15, 0.2) is 9.84 Å². The zero-order chi connectivity index (χ0) is 18.6. The first kappa shape index (κ1) is 18.5. The Balaban J connectivity index is 1.48. The third-order valence-electron chi connectivity index (χ3n) is 4.00. The van der Waals surface area contributed by atoms with E-state index in [9.17, 15) is 13.2 Å². The molecule has 0 spiro atoms. The van der Waals surface area contributed by atoms with E-state index in [4.69, 9.17) is 16.3 Å². The van der Waals surface area contributed by atoms with Gasteiger partial charge in [-0.05, 0) is 48.4 Å². The number of anilines is 1. The van der Waals surface area contributed by atoms with Crippen molar-refractivity contribution in [2.75, 3.05) is 16.8 Å². The van der Waals surface area contributed by atoms with Crippen molar-refractivity contribution in [3.05, 3.63) is 59.1 Å². The summed E-state index contributed by atoms with van der Waals surface area (Å²) in [6.07, 6.45) is 0.452. The molecular formula is C18H19ClN2O4S. The van der Waals surface area contributed by atoms with Gasteiger partial charge in [0.1, 0.15) is 12.4 Å². The van der Waals surface area contributed by atoms with Crippen LogP contribution in [0.3, 0.4) is 0 Å². The van der Waals surface area contributed by atoms with Crippen LogP contribution < -0.4 is 15.4 Å². The summed E-state index contributed by atoms with van der Waals surface area (Å²) < 4.78 is 28.5. The summed E-state index contributed by atoms with van der Waals surface area (Å²) in [5.74, 6) is 0.794. The quantitative estimate of drug-likeness (QED) is 0.815. The molecule has 1 heterocycles. The van der Waals surface area contributed by atoms with Crippen molar-refractivity contribution in [2.45, 2.75) is 19.1 Å². The van der Waals surface area contributed by atoms with Gasteiger partial charge in [-0.1, -0.05) is 23.7 Å². The number of carbonyl (C=O) groups is 1. The normalized spacial score (nSPS) is 18.3. The molecular weight excluding hydrogens is 376 g/mol. The molecule has 1 aliphatic heterocycles. The Morgan fingerprint density at radius 2 is 1.81 bits per heavy atom. The molecule has 1 saturated heterocycles. The average Bonchev–Trinajstić information content (AvgIpc) is 2.94. The standard InChI is InChI=1S/C18H19ClN2O4S/c19-14-3-1-13(2-4-14)11-25-17-7-5-15(6-8-17)20-18(22)21-16-9-10-26(23,24)12-16/h1-8,16H,9-12H2,(H2,20,21,22). The van der Waals surface area contributed by atoms with Gasteiger partial charge < -0.3 is 15.4 Å². The monoisotopic (exact) mass is 394 g/mol. The Labute approximate surface area is 157 Å². The number of rotatable bonds is 5. The van der Waals surface area contributed by atoms with E-state index in [2.05, 4.69) is 10.6 Å². The van der Waals surface area contributed by atoms with Crippen molar-refractivity contribution < 1.29 is 17.9 Å². The van der Waals surface area contributed by atoms with Gasteiger partial charge in [0, 0.05) is 16.8 Å². The van der Waals surface area contributed by atoms with Crippen LogP contribution in [-0.2, 0) is 16.4 Å². The van der Waals surface area contributed by atoms with Gasteiger partial charge in [-0.2, -0.15) is 0 Å². The van der Waals surface area contributed by atoms with E-state index in [1.54, 1.807) is 24.3 Å². The zero-order valence-corrected chi connectivity index (χ0v) is 15.5. The number of hydrogen-bond acceptors (Lipinski definition) is 4. The molecule has 1 aliphatic rings. The number of benzene rings is 2. The molecule has 3 rings (SSSR count). The van der Waals surface area contributed by atoms with Crippen molar-refractivity contribution >= 4 is 33.2 Å². The summed E-state index contributed by atoms with van der Waals surface area (Å²) in [7, 11) is -3.02. The Bertz CT molecular complexity index is 867. The highest BCUT2D eigenvalue weighted by Gasteiger charge is 2.28. The van der Waals surface area contributed by atoms with E-state index in [1.807, 2.05) is 24.3 Å². The number of sulfone groups is 1. The number of urea groups is 1. The smallest absolute Gasteiger partial charge is 0.319 e. The minimum Gasteiger partial charge on any atom is -0.489 e. The van der Waals surface area contributed by atoms with Crippen LogP contribution in [0.5, 0.6) is 5.75 Å². The Morgan fingerprint density at radius 3 is 2.42 bits per heavy atom. The second-order valence-electron chi connectivity index (χ2n) is 6.14. The Kier molecular flexibility index (Phi) is 5.68. The highest BCUT2D eigenvalue weighted by Crippen LogP contribution is 2.18. The summed E-state index contributed by atoms with van der Waals surface area (Å²) in [5, 5.41) is 6.04. The molecule has 0 radical (unpaired) electrons. The van der Waals surface area contributed by atoms with E-state index < -0.39 is 15.9 Å². The predicted octanol–water partition coefficient (Wildman–Crippen LogP) is 3.23. The van der Waals surface area contributed by atoms with Crippen LogP contribution in [0.25, 0.3) is 0 Å². The highest BCUT2D eigenvalue weighted by atomic mass is 35.5. The predicted molar refractivity (Wildman–Crippen MR) is 101 cm³/mol. The van der Waals surface area contributed by atoms with Gasteiger partial charge in [0.05, 0.1) is 11.5 Å². The number of halogens is 1. The molecule has 2 aromatic rings. The molecule has 0 aliphatic carbocycles. The van der Waals surface area contributed by atoms with Crippen molar-refractivity contribution in [3.8, 4) is 5.75 Å². The second kappa shape index (κ2) is 7.97. The third-order valence-corrected chi connectivity index (χ3v) is 6.02. The molecule has 0 aromatic heterocycles. The molecule has 6 nitrogen and oxygen atoms in total. The van der Waals surface area contributed by atoms with Crippen LogP contribution in [0.2, 0.25) is 5.02 Å². The van der Waals surface area contributed by atoms with Crippen molar-refractivity contribution in [3.63, 3.8) is 0 Å². The van der Waals surface area contributed by atoms with Gasteiger partial charge in [-0.25, -0.2) is 13.2 Å². The van der Waals surface area contributed by atoms with Crippen LogP contribution in [0, 0.1) is 0 Å². The lowest BCUT2D eigenvalue weighted by Crippen LogP contribution is -2.38. The first-order valence-electron chi connectivity index (χ1n) is 8.15. The molecule has 1 unspecified atom stereocenters. The molecule has 1 fully saturated rings. The maximum Gasteiger partial charge on any atom is 0.319 e. The van der Waals surface area contributed by atoms with E-state index in [0.717, 1.165) is 5.56 Å².